The van der Waals surface area contributed by atoms with Crippen LogP contribution in [-0.2, 0) is 29.4 Å². The zero-order valence-electron chi connectivity index (χ0n) is 20.1. The molecule has 7 nitrogen and oxygen atoms in total. The van der Waals surface area contributed by atoms with E-state index in [0.717, 1.165) is 12.8 Å². The van der Waals surface area contributed by atoms with Crippen molar-refractivity contribution >= 4 is 11.9 Å². The highest BCUT2D eigenvalue weighted by atomic mass is 16.7. The number of piperidine rings is 1. The standard InChI is InChI=1S/C28H35N2O5/c29-19-26(31)33-20-34-28(21-9-3-1-4-10-21,22-11-5-2-6-12-22)27(32)35-25-17-23-13-14-24(18-25)30(23)15-7-8-16-30/h1-6,9-12,23-25H,7-8,13-20,29H2/q+1. The van der Waals surface area contributed by atoms with Gasteiger partial charge in [0, 0.05) is 38.5 Å². The van der Waals surface area contributed by atoms with Gasteiger partial charge < -0.3 is 24.4 Å². The summed E-state index contributed by atoms with van der Waals surface area (Å²) in [5.74, 6) is -1.07. The van der Waals surface area contributed by atoms with Gasteiger partial charge in [-0.25, -0.2) is 4.79 Å². The Labute approximate surface area is 206 Å². The number of carbonyl (C=O) groups is 2. The van der Waals surface area contributed by atoms with Gasteiger partial charge in [-0.05, 0) is 11.1 Å². The van der Waals surface area contributed by atoms with Gasteiger partial charge in [-0.3, -0.25) is 4.79 Å². The van der Waals surface area contributed by atoms with E-state index in [1.165, 1.54) is 43.3 Å². The van der Waals surface area contributed by atoms with E-state index < -0.39 is 24.3 Å². The summed E-state index contributed by atoms with van der Waals surface area (Å²) in [6.07, 6.45) is 6.68. The van der Waals surface area contributed by atoms with Crippen LogP contribution in [0.3, 0.4) is 0 Å². The molecule has 1 spiro atoms. The zero-order chi connectivity index (χ0) is 24.3. The number of nitrogens with two attached hydrogens (primary N) is 1. The molecule has 3 fully saturated rings. The lowest BCUT2D eigenvalue weighted by molar-refractivity contribution is -0.956. The fourth-order valence-corrected chi connectivity index (χ4v) is 6.76. The third kappa shape index (κ3) is 4.37. The van der Waals surface area contributed by atoms with Gasteiger partial charge in [0.1, 0.15) is 6.10 Å². The summed E-state index contributed by atoms with van der Waals surface area (Å²) in [6, 6.07) is 19.7. The largest absolute Gasteiger partial charge is 0.459 e. The molecule has 0 radical (unpaired) electrons. The van der Waals surface area contributed by atoms with Crippen LogP contribution in [-0.4, -0.2) is 61.0 Å². The third-order valence-corrected chi connectivity index (χ3v) is 8.34. The monoisotopic (exact) mass is 479 g/mol. The smallest absolute Gasteiger partial charge is 0.348 e. The second-order valence-corrected chi connectivity index (χ2v) is 10.0. The fourth-order valence-electron chi connectivity index (χ4n) is 6.76. The first-order chi connectivity index (χ1) is 17.1. The Morgan fingerprint density at radius 1 is 0.886 bits per heavy atom. The van der Waals surface area contributed by atoms with Crippen LogP contribution in [0.2, 0.25) is 0 Å². The molecule has 0 amide bonds. The van der Waals surface area contributed by atoms with Crippen molar-refractivity contribution in [1.82, 2.24) is 0 Å². The lowest BCUT2D eigenvalue weighted by atomic mass is 9.85. The predicted octanol–water partition coefficient (Wildman–Crippen LogP) is 3.25. The molecule has 2 bridgehead atoms. The first-order valence-corrected chi connectivity index (χ1v) is 12.8. The molecular weight excluding hydrogens is 444 g/mol. The zero-order valence-corrected chi connectivity index (χ0v) is 20.1. The highest BCUT2D eigenvalue weighted by molar-refractivity contribution is 5.86. The highest BCUT2D eigenvalue weighted by Crippen LogP contribution is 2.47. The molecule has 7 heteroatoms. The van der Waals surface area contributed by atoms with Gasteiger partial charge in [0.2, 0.25) is 5.60 Å². The van der Waals surface area contributed by atoms with Crippen molar-refractivity contribution in [3.63, 3.8) is 0 Å². The number of benzene rings is 2. The van der Waals surface area contributed by atoms with Crippen LogP contribution < -0.4 is 5.73 Å². The van der Waals surface area contributed by atoms with E-state index in [0.29, 0.717) is 23.2 Å². The third-order valence-electron chi connectivity index (χ3n) is 8.34. The fraction of sp³-hybridized carbons (Fsp3) is 0.500. The molecule has 5 rings (SSSR count). The van der Waals surface area contributed by atoms with Crippen LogP contribution in [0.25, 0.3) is 0 Å². The minimum absolute atomic E-state index is 0.147. The van der Waals surface area contributed by atoms with Gasteiger partial charge in [0.15, 0.2) is 6.79 Å². The Morgan fingerprint density at radius 2 is 1.43 bits per heavy atom. The molecule has 2 N–H and O–H groups in total. The van der Waals surface area contributed by atoms with E-state index in [2.05, 4.69) is 0 Å². The van der Waals surface area contributed by atoms with Gasteiger partial charge in [-0.1, -0.05) is 60.7 Å². The van der Waals surface area contributed by atoms with Crippen LogP contribution >= 0.6 is 0 Å². The second-order valence-electron chi connectivity index (χ2n) is 10.0. The van der Waals surface area contributed by atoms with Crippen LogP contribution in [0.5, 0.6) is 0 Å². The summed E-state index contributed by atoms with van der Waals surface area (Å²) in [6.45, 7) is 1.86. The molecule has 3 aliphatic heterocycles. The number of rotatable bonds is 8. The molecule has 2 aromatic rings. The van der Waals surface area contributed by atoms with Crippen molar-refractivity contribution in [2.45, 2.75) is 62.3 Å². The van der Waals surface area contributed by atoms with Gasteiger partial charge in [0.25, 0.3) is 0 Å². The molecule has 3 aliphatic rings. The van der Waals surface area contributed by atoms with Crippen molar-refractivity contribution < 1.29 is 28.3 Å². The highest BCUT2D eigenvalue weighted by Gasteiger charge is 2.56. The van der Waals surface area contributed by atoms with Crippen molar-refractivity contribution in [2.24, 2.45) is 5.73 Å². The number of hydrogen-bond donors (Lipinski definition) is 1. The van der Waals surface area contributed by atoms with Gasteiger partial charge in [-0.15, -0.1) is 0 Å². The molecule has 2 unspecified atom stereocenters. The summed E-state index contributed by atoms with van der Waals surface area (Å²) in [5.41, 5.74) is 5.08. The number of carbonyl (C=O) groups excluding carboxylic acids is 2. The lowest BCUT2D eigenvalue weighted by Crippen LogP contribution is -2.60. The van der Waals surface area contributed by atoms with Crippen LogP contribution in [0.1, 0.15) is 49.7 Å². The van der Waals surface area contributed by atoms with Crippen LogP contribution in [0.15, 0.2) is 60.7 Å². The van der Waals surface area contributed by atoms with Crippen LogP contribution in [0.4, 0.5) is 0 Å². The van der Waals surface area contributed by atoms with Crippen molar-refractivity contribution in [1.29, 1.82) is 0 Å². The van der Waals surface area contributed by atoms with Crippen molar-refractivity contribution in [3.8, 4) is 0 Å². The minimum Gasteiger partial charge on any atom is -0.459 e. The topological polar surface area (TPSA) is 87.9 Å². The molecule has 2 aromatic carbocycles. The van der Waals surface area contributed by atoms with E-state index in [1.807, 2.05) is 60.7 Å². The molecule has 35 heavy (non-hydrogen) atoms. The number of esters is 2. The molecular formula is C28H35N2O5+. The Kier molecular flexibility index (Phi) is 6.91. The molecule has 3 heterocycles. The first-order valence-electron chi connectivity index (χ1n) is 12.8. The molecule has 186 valence electrons. The lowest BCUT2D eigenvalue weighted by Gasteiger charge is -2.47. The maximum atomic E-state index is 14.1. The Balaban J connectivity index is 1.44. The first kappa shape index (κ1) is 24.0. The summed E-state index contributed by atoms with van der Waals surface area (Å²) in [7, 11) is 0. The minimum atomic E-state index is -1.56. The van der Waals surface area contributed by atoms with E-state index in [-0.39, 0.29) is 12.6 Å². The summed E-state index contributed by atoms with van der Waals surface area (Å²) in [5, 5.41) is 0. The maximum absolute atomic E-state index is 14.1. The van der Waals surface area contributed by atoms with Crippen molar-refractivity contribution in [3.05, 3.63) is 71.8 Å². The molecule has 2 atom stereocenters. The molecule has 3 saturated heterocycles. The Morgan fingerprint density at radius 3 is 1.94 bits per heavy atom. The van der Waals surface area contributed by atoms with E-state index in [1.54, 1.807) is 0 Å². The maximum Gasteiger partial charge on any atom is 0.348 e. The number of quaternary nitrogens is 1. The van der Waals surface area contributed by atoms with E-state index in [9.17, 15) is 9.59 Å². The summed E-state index contributed by atoms with van der Waals surface area (Å²) >= 11 is 0. The number of hydrogen-bond acceptors (Lipinski definition) is 6. The van der Waals surface area contributed by atoms with Crippen molar-refractivity contribution in [2.75, 3.05) is 26.4 Å². The van der Waals surface area contributed by atoms with E-state index in [4.69, 9.17) is 19.9 Å². The average Bonchev–Trinajstić information content (AvgIpc) is 3.44. The van der Waals surface area contributed by atoms with Gasteiger partial charge in [0.05, 0.1) is 31.7 Å². The Hall–Kier alpha value is -2.74. The second kappa shape index (κ2) is 10.1. The van der Waals surface area contributed by atoms with Gasteiger partial charge >= 0.3 is 11.9 Å². The molecule has 0 saturated carbocycles. The molecule has 0 aliphatic carbocycles. The van der Waals surface area contributed by atoms with Gasteiger partial charge in [-0.2, -0.15) is 0 Å². The quantitative estimate of drug-likeness (QED) is 0.355. The predicted molar refractivity (Wildman–Crippen MR) is 130 cm³/mol. The average molecular weight is 480 g/mol. The summed E-state index contributed by atoms with van der Waals surface area (Å²) < 4.78 is 18.8. The Bertz CT molecular complexity index is 967. The summed E-state index contributed by atoms with van der Waals surface area (Å²) in [4.78, 5) is 25.8. The molecule has 0 aromatic heterocycles. The number of ether oxygens (including phenoxy) is 3. The SMILES string of the molecule is NCC(=O)OCOC(C(=O)OC1CC2CCC(C1)[N+]21CCCC1)(c1ccccc1)c1ccccc1. The van der Waals surface area contributed by atoms with E-state index >= 15 is 0 Å². The normalized spacial score (nSPS) is 24.9. The van der Waals surface area contributed by atoms with Crippen LogP contribution in [0, 0.1) is 0 Å². The number of nitrogens with zero attached hydrogens (tertiary/aromatic N) is 1.